The Labute approximate surface area is 296 Å². The Balaban J connectivity index is 1.22. The molecule has 0 radical (unpaired) electrons. The number of hydrogen-bond acceptors (Lipinski definition) is 12. The van der Waals surface area contributed by atoms with Crippen LogP contribution in [0.1, 0.15) is 75.1 Å². The number of hydrogen-bond donors (Lipinski definition) is 7. The molecule has 0 amide bonds. The maximum Gasteiger partial charge on any atom is 0.262 e. The third kappa shape index (κ3) is 5.44. The fourth-order valence-corrected chi connectivity index (χ4v) is 7.90. The quantitative estimate of drug-likeness (QED) is 0.138. The molecule has 3 aromatic carbocycles. The molecular weight excluding hydrogens is 674 g/mol. The average molecular weight is 710 g/mol. The maximum atomic E-state index is 13.8. The summed E-state index contributed by atoms with van der Waals surface area (Å²) < 4.78 is 12.2. The van der Waals surface area contributed by atoms with Crippen LogP contribution in [-0.4, -0.2) is 103 Å². The Morgan fingerprint density at radius 3 is 2.35 bits per heavy atom. The second kappa shape index (κ2) is 12.8. The summed E-state index contributed by atoms with van der Waals surface area (Å²) in [6.07, 6.45) is -5.69. The molecule has 15 nitrogen and oxygen atoms in total. The number of aliphatic imine (C=N–C) groups is 3. The Bertz CT molecular complexity index is 2120. The number of carbonyl (C=O) groups excluding carboxylic acids is 2. The number of quaternary nitrogens is 1. The van der Waals surface area contributed by atoms with Crippen molar-refractivity contribution in [3.8, 4) is 11.5 Å². The summed E-state index contributed by atoms with van der Waals surface area (Å²) in [6.45, 7) is 0.0783. The zero-order valence-corrected chi connectivity index (χ0v) is 27.7. The smallest absolute Gasteiger partial charge is 0.262 e. The molecule has 6 atom stereocenters. The average Bonchev–Trinajstić information content (AvgIpc) is 3.56. The number of aromatic hydroxyl groups is 1. The zero-order valence-electron chi connectivity index (χ0n) is 27.7. The molecule has 1 saturated heterocycles. The highest BCUT2D eigenvalue weighted by Gasteiger charge is 2.54. The number of aliphatic hydroxyl groups excluding tert-OH is 3. The van der Waals surface area contributed by atoms with Crippen molar-refractivity contribution in [1.82, 2.24) is 0 Å². The van der Waals surface area contributed by atoms with E-state index in [-0.39, 0.29) is 71.0 Å². The summed E-state index contributed by atoms with van der Waals surface area (Å²) in [5.74, 6) is -3.06. The van der Waals surface area contributed by atoms with Crippen molar-refractivity contribution in [1.29, 1.82) is 5.41 Å². The topological polar surface area (TPSA) is 242 Å². The van der Waals surface area contributed by atoms with Crippen molar-refractivity contribution >= 4 is 40.7 Å². The first-order valence-electron chi connectivity index (χ1n) is 17.1. The number of amidine groups is 1. The number of fused-ring (bicyclic) bond motifs is 3. The SMILES string of the molecule is N=C1N=C([O-])C2=NC[NH+](c3ccccc3Cc3cc4c(c(O)c3O[C@@H]3O[C@@H](C5(O)CCCCC5)[C@H](O)[C@@H](O)[C@@H]3O)C(=O)c3ccccc3C4=O)C2=N1. The number of nitrogens with zero attached hydrogens (tertiary/aromatic N) is 3. The van der Waals surface area contributed by atoms with E-state index in [1.165, 1.54) is 18.2 Å². The van der Waals surface area contributed by atoms with Crippen LogP contribution in [-0.2, 0) is 11.2 Å². The van der Waals surface area contributed by atoms with E-state index in [9.17, 15) is 40.2 Å². The van der Waals surface area contributed by atoms with Gasteiger partial charge in [0, 0.05) is 40.1 Å². The first-order valence-corrected chi connectivity index (χ1v) is 17.1. The molecule has 3 aromatic rings. The zero-order chi connectivity index (χ0) is 36.5. The molecule has 0 spiro atoms. The molecule has 2 fully saturated rings. The van der Waals surface area contributed by atoms with Crippen LogP contribution in [0.3, 0.4) is 0 Å². The van der Waals surface area contributed by atoms with Gasteiger partial charge in [-0.05, 0) is 25.0 Å². The minimum atomic E-state index is -1.85. The predicted molar refractivity (Wildman–Crippen MR) is 182 cm³/mol. The lowest BCUT2D eigenvalue weighted by molar-refractivity contribution is -0.723. The molecular formula is C37H35N5O10. The Morgan fingerprint density at radius 1 is 0.904 bits per heavy atom. The second-order valence-electron chi connectivity index (χ2n) is 13.7. The number of guanidine groups is 1. The molecule has 5 aliphatic rings. The molecule has 7 N–H and O–H groups in total. The van der Waals surface area contributed by atoms with E-state index >= 15 is 0 Å². The number of phenolic OH excluding ortho intramolecular Hbond substituents is 1. The van der Waals surface area contributed by atoms with Gasteiger partial charge in [0.2, 0.25) is 12.2 Å². The monoisotopic (exact) mass is 709 g/mol. The number of para-hydroxylation sites is 1. The number of nitrogens with one attached hydrogen (secondary N) is 2. The molecule has 268 valence electrons. The molecule has 0 bridgehead atoms. The van der Waals surface area contributed by atoms with Gasteiger partial charge >= 0.3 is 0 Å². The largest absolute Gasteiger partial charge is 0.857 e. The Kier molecular flexibility index (Phi) is 8.36. The van der Waals surface area contributed by atoms with Gasteiger partial charge in [0.05, 0.1) is 11.2 Å². The van der Waals surface area contributed by atoms with Crippen LogP contribution in [0.15, 0.2) is 69.6 Å². The lowest BCUT2D eigenvalue weighted by Crippen LogP contribution is -3.09. The van der Waals surface area contributed by atoms with Crippen LogP contribution in [0, 0.1) is 5.41 Å². The number of rotatable bonds is 6. The number of benzene rings is 3. The van der Waals surface area contributed by atoms with Crippen LogP contribution in [0.2, 0.25) is 0 Å². The summed E-state index contributed by atoms with van der Waals surface area (Å²) in [5, 5.41) is 76.8. The van der Waals surface area contributed by atoms with Crippen molar-refractivity contribution < 1.29 is 54.6 Å². The third-order valence-electron chi connectivity index (χ3n) is 10.5. The number of ketones is 2. The molecule has 1 unspecified atom stereocenters. The van der Waals surface area contributed by atoms with Gasteiger partial charge in [-0.25, -0.2) is 14.9 Å². The highest BCUT2D eigenvalue weighted by Crippen LogP contribution is 2.45. The lowest BCUT2D eigenvalue weighted by Gasteiger charge is -2.48. The first kappa shape index (κ1) is 34.0. The number of phenols is 1. The van der Waals surface area contributed by atoms with E-state index in [2.05, 4.69) is 15.0 Å². The van der Waals surface area contributed by atoms with Crippen LogP contribution in [0.25, 0.3) is 0 Å². The minimum absolute atomic E-state index is 0.0392. The summed E-state index contributed by atoms with van der Waals surface area (Å²) in [5.41, 5.74) is -0.242. The van der Waals surface area contributed by atoms with Gasteiger partial charge in [0.15, 0.2) is 35.4 Å². The summed E-state index contributed by atoms with van der Waals surface area (Å²) in [6, 6.07) is 14.7. The van der Waals surface area contributed by atoms with Crippen molar-refractivity contribution in [3.63, 3.8) is 0 Å². The van der Waals surface area contributed by atoms with E-state index in [0.717, 1.165) is 6.42 Å². The van der Waals surface area contributed by atoms with Crippen LogP contribution in [0.4, 0.5) is 5.69 Å². The Morgan fingerprint density at radius 2 is 1.60 bits per heavy atom. The van der Waals surface area contributed by atoms with Crippen LogP contribution >= 0.6 is 0 Å². The van der Waals surface area contributed by atoms with Gasteiger partial charge in [0.1, 0.15) is 30.1 Å². The number of ether oxygens (including phenoxy) is 2. The van der Waals surface area contributed by atoms with E-state index in [0.29, 0.717) is 29.0 Å². The molecule has 3 aliphatic heterocycles. The van der Waals surface area contributed by atoms with Crippen molar-refractivity contribution in [2.24, 2.45) is 15.0 Å². The van der Waals surface area contributed by atoms with E-state index in [1.54, 1.807) is 36.4 Å². The molecule has 52 heavy (non-hydrogen) atoms. The highest BCUT2D eigenvalue weighted by molar-refractivity contribution is 6.66. The molecule has 8 rings (SSSR count). The first-order chi connectivity index (χ1) is 25.0. The fourth-order valence-electron chi connectivity index (χ4n) is 7.90. The third-order valence-corrected chi connectivity index (χ3v) is 10.5. The molecule has 2 aliphatic carbocycles. The van der Waals surface area contributed by atoms with E-state index in [4.69, 9.17) is 14.9 Å². The summed E-state index contributed by atoms with van der Waals surface area (Å²) >= 11 is 0. The molecule has 3 heterocycles. The fraction of sp³-hybridized carbons (Fsp3) is 0.351. The van der Waals surface area contributed by atoms with Crippen molar-refractivity contribution in [2.75, 3.05) is 6.67 Å². The van der Waals surface area contributed by atoms with E-state index in [1.807, 2.05) is 0 Å². The Hall–Kier alpha value is -5.16. The van der Waals surface area contributed by atoms with Crippen molar-refractivity contribution in [3.05, 3.63) is 88.0 Å². The summed E-state index contributed by atoms with van der Waals surface area (Å²) in [4.78, 5) is 40.3. The molecule has 1 saturated carbocycles. The summed E-state index contributed by atoms with van der Waals surface area (Å²) in [7, 11) is 0. The van der Waals surface area contributed by atoms with Gasteiger partial charge in [0.25, 0.3) is 5.84 Å². The van der Waals surface area contributed by atoms with Gasteiger partial charge < -0.3 is 40.1 Å². The van der Waals surface area contributed by atoms with Gasteiger partial charge in [-0.3, -0.25) is 15.0 Å². The van der Waals surface area contributed by atoms with Gasteiger partial charge in [-0.1, -0.05) is 61.7 Å². The molecule has 0 aromatic heterocycles. The normalized spacial score (nSPS) is 27.9. The molecule has 15 heteroatoms. The van der Waals surface area contributed by atoms with Crippen molar-refractivity contribution in [2.45, 2.75) is 74.8 Å². The highest BCUT2D eigenvalue weighted by atomic mass is 16.7. The number of carbonyl (C=O) groups is 2. The van der Waals surface area contributed by atoms with Crippen LogP contribution in [0.5, 0.6) is 11.5 Å². The predicted octanol–water partition coefficient (Wildman–Crippen LogP) is -0.326. The standard InChI is InChI=1S/C37H35N5O10/c38-36-40-33-24(34(49)41-36)39-16-42(33)22-11-5-2-8-17(22)14-18-15-21-23(26(44)20-10-4-3-9-19(20)25(21)43)27(45)31(18)51-35-30(48)28(46)29(47)32(52-35)37(50)12-6-1-7-13-37/h2-5,8-11,15,28-30,32,35,45-48,50H,1,6-7,12-14,16H2,(H2,38,41,49)/t28-,29-,30+,32-,35-/m1/s1. The minimum Gasteiger partial charge on any atom is -0.857 e. The second-order valence-corrected chi connectivity index (χ2v) is 13.7. The lowest BCUT2D eigenvalue weighted by atomic mass is 9.76. The number of aliphatic hydroxyl groups is 4. The van der Waals surface area contributed by atoms with E-state index < -0.39 is 65.5 Å². The van der Waals surface area contributed by atoms with Gasteiger partial charge in [-0.2, -0.15) is 4.99 Å². The van der Waals surface area contributed by atoms with Crippen LogP contribution < -0.4 is 14.7 Å². The maximum absolute atomic E-state index is 13.8. The van der Waals surface area contributed by atoms with Gasteiger partial charge in [-0.15, -0.1) is 0 Å².